The van der Waals surface area contributed by atoms with E-state index in [1.807, 2.05) is 0 Å². The Labute approximate surface area is 463 Å². The molecule has 0 aromatic heterocycles. The average molecular weight is 1110 g/mol. The van der Waals surface area contributed by atoms with Gasteiger partial charge in [-0.05, 0) is 164 Å². The Morgan fingerprint density at radius 2 is 0.276 bits per heavy atom. The van der Waals surface area contributed by atoms with Crippen LogP contribution in [0.4, 0.5) is 34.1 Å². The zero-order valence-corrected chi connectivity index (χ0v) is 44.8. The van der Waals surface area contributed by atoms with Gasteiger partial charge in [-0.3, -0.25) is 0 Å². The minimum atomic E-state index is 1.09. The van der Waals surface area contributed by atoms with E-state index in [0.717, 1.165) is 43.1 Å². The summed E-state index contributed by atoms with van der Waals surface area (Å²) in [5, 5.41) is 0. The molecule has 364 valence electrons. The van der Waals surface area contributed by atoms with E-state index in [9.17, 15) is 0 Å². The van der Waals surface area contributed by atoms with Crippen molar-refractivity contribution in [1.82, 2.24) is 0 Å². The maximum atomic E-state index is 3.53. The number of nitrogens with zero attached hydrogens (tertiary/aromatic N) is 2. The van der Waals surface area contributed by atoms with E-state index in [2.05, 4.69) is 357 Å². The minimum Gasteiger partial charge on any atom is -0.311 e. The molecule has 0 fully saturated rings. The molecule has 0 unspecified atom stereocenters. The first-order valence-electron chi connectivity index (χ1n) is 25.4. The van der Waals surface area contributed by atoms with Gasteiger partial charge in [0.1, 0.15) is 0 Å². The van der Waals surface area contributed by atoms with Gasteiger partial charge in [-0.25, -0.2) is 0 Å². The average Bonchev–Trinajstić information content (AvgIpc) is 3.50. The molecule has 2 nitrogen and oxygen atoms in total. The monoisotopic (exact) mass is 1100 g/mol. The molecule has 4 heteroatoms. The maximum Gasteiger partial charge on any atom is 0.0462 e. The molecular formula is C72H52Br2N2. The summed E-state index contributed by atoms with van der Waals surface area (Å²) in [5.41, 5.74) is 21.2. The number of halogens is 2. The van der Waals surface area contributed by atoms with Crippen LogP contribution in [0, 0.1) is 0 Å². The molecule has 0 spiro atoms. The van der Waals surface area contributed by atoms with Gasteiger partial charge in [-0.1, -0.05) is 250 Å². The summed E-state index contributed by atoms with van der Waals surface area (Å²) in [6.45, 7) is 0. The zero-order chi connectivity index (χ0) is 51.5. The fraction of sp³-hybridized carbons (Fsp3) is 0. The van der Waals surface area contributed by atoms with Gasteiger partial charge < -0.3 is 9.80 Å². The van der Waals surface area contributed by atoms with Crippen molar-refractivity contribution in [3.05, 3.63) is 324 Å². The standard InChI is InChI=1S/2C36H26BrN/c2*37-33-19-11-29(12-20-33)32-17-25-36(26-18-32)38(34-21-13-30(14-22-34)27-7-3-1-4-8-27)35-23-15-31(16-24-35)28-9-5-2-6-10-28/h2*1-26H. The molecule has 12 rings (SSSR count). The molecule has 0 radical (unpaired) electrons. The molecule has 0 N–H and O–H groups in total. The van der Waals surface area contributed by atoms with Crippen LogP contribution in [-0.2, 0) is 0 Å². The van der Waals surface area contributed by atoms with Gasteiger partial charge in [0, 0.05) is 43.1 Å². The highest BCUT2D eigenvalue weighted by Gasteiger charge is 2.16. The van der Waals surface area contributed by atoms with E-state index in [4.69, 9.17) is 0 Å². The molecule has 0 saturated carbocycles. The first kappa shape index (κ1) is 49.4. The Kier molecular flexibility index (Phi) is 15.3. The fourth-order valence-corrected chi connectivity index (χ4v) is 10.0. The zero-order valence-electron chi connectivity index (χ0n) is 41.7. The maximum absolute atomic E-state index is 3.53. The van der Waals surface area contributed by atoms with Crippen molar-refractivity contribution in [2.75, 3.05) is 9.80 Å². The third-order valence-corrected chi connectivity index (χ3v) is 14.6. The number of benzene rings is 12. The fourth-order valence-electron chi connectivity index (χ4n) is 9.52. The van der Waals surface area contributed by atoms with Crippen LogP contribution < -0.4 is 9.80 Å². The predicted molar refractivity (Wildman–Crippen MR) is 330 cm³/mol. The summed E-state index contributed by atoms with van der Waals surface area (Å²) in [6, 6.07) is 112. The van der Waals surface area contributed by atoms with Crippen molar-refractivity contribution in [1.29, 1.82) is 0 Å². The molecule has 12 aromatic carbocycles. The van der Waals surface area contributed by atoms with Crippen LogP contribution in [0.25, 0.3) is 66.8 Å². The molecule has 0 aliphatic rings. The van der Waals surface area contributed by atoms with E-state index in [-0.39, 0.29) is 0 Å². The summed E-state index contributed by atoms with van der Waals surface area (Å²) in [6.07, 6.45) is 0. The number of hydrogen-bond donors (Lipinski definition) is 0. The summed E-state index contributed by atoms with van der Waals surface area (Å²) in [5.74, 6) is 0. The Bertz CT molecular complexity index is 3300. The van der Waals surface area contributed by atoms with Crippen LogP contribution in [0.1, 0.15) is 0 Å². The third kappa shape index (κ3) is 11.8. The lowest BCUT2D eigenvalue weighted by atomic mass is 10.0. The Morgan fingerprint density at radius 3 is 0.434 bits per heavy atom. The van der Waals surface area contributed by atoms with Crippen LogP contribution in [0.15, 0.2) is 324 Å². The Hall–Kier alpha value is -8.80. The van der Waals surface area contributed by atoms with Gasteiger partial charge in [0.15, 0.2) is 0 Å². The quantitative estimate of drug-likeness (QED) is 0.120. The van der Waals surface area contributed by atoms with Crippen molar-refractivity contribution < 1.29 is 0 Å². The lowest BCUT2D eigenvalue weighted by Crippen LogP contribution is -2.09. The number of rotatable bonds is 12. The molecule has 0 aliphatic heterocycles. The van der Waals surface area contributed by atoms with E-state index >= 15 is 0 Å². The molecule has 0 atom stereocenters. The summed E-state index contributed by atoms with van der Waals surface area (Å²) < 4.78 is 2.17. The molecule has 0 saturated heterocycles. The van der Waals surface area contributed by atoms with Gasteiger partial charge in [-0.15, -0.1) is 0 Å². The van der Waals surface area contributed by atoms with Crippen LogP contribution in [-0.4, -0.2) is 0 Å². The van der Waals surface area contributed by atoms with Crippen LogP contribution >= 0.6 is 31.9 Å². The highest BCUT2D eigenvalue weighted by Crippen LogP contribution is 2.40. The number of anilines is 6. The van der Waals surface area contributed by atoms with Gasteiger partial charge in [0.2, 0.25) is 0 Å². The molecule has 12 aromatic rings. The topological polar surface area (TPSA) is 6.48 Å². The lowest BCUT2D eigenvalue weighted by molar-refractivity contribution is 1.28. The summed E-state index contributed by atoms with van der Waals surface area (Å²) in [7, 11) is 0. The summed E-state index contributed by atoms with van der Waals surface area (Å²) in [4.78, 5) is 4.63. The van der Waals surface area contributed by atoms with E-state index in [1.165, 1.54) is 66.8 Å². The van der Waals surface area contributed by atoms with Crippen molar-refractivity contribution in [2.45, 2.75) is 0 Å². The highest BCUT2D eigenvalue weighted by atomic mass is 79.9. The summed E-state index contributed by atoms with van der Waals surface area (Å²) >= 11 is 7.07. The Balaban J connectivity index is 0.000000162. The Morgan fingerprint density at radius 1 is 0.145 bits per heavy atom. The third-order valence-electron chi connectivity index (χ3n) is 13.5. The van der Waals surface area contributed by atoms with E-state index in [0.29, 0.717) is 0 Å². The van der Waals surface area contributed by atoms with Gasteiger partial charge in [0.05, 0.1) is 0 Å². The lowest BCUT2D eigenvalue weighted by Gasteiger charge is -2.26. The van der Waals surface area contributed by atoms with Crippen LogP contribution in [0.3, 0.4) is 0 Å². The number of hydrogen-bond acceptors (Lipinski definition) is 2. The van der Waals surface area contributed by atoms with Crippen molar-refractivity contribution in [3.63, 3.8) is 0 Å². The largest absolute Gasteiger partial charge is 0.311 e. The molecule has 0 amide bonds. The van der Waals surface area contributed by atoms with Gasteiger partial charge >= 0.3 is 0 Å². The molecule has 0 aliphatic carbocycles. The van der Waals surface area contributed by atoms with Gasteiger partial charge in [-0.2, -0.15) is 0 Å². The SMILES string of the molecule is Brc1ccc(-c2ccc(N(c3ccc(-c4ccccc4)cc3)c3ccc(-c4ccccc4)cc3)cc2)cc1.Brc1ccc(-c2ccc(N(c3ccc(-c4ccccc4)cc3)c3ccc(-c4ccccc4)cc3)cc2)cc1. The van der Waals surface area contributed by atoms with E-state index < -0.39 is 0 Å². The molecule has 76 heavy (non-hydrogen) atoms. The molecule has 0 bridgehead atoms. The predicted octanol–water partition coefficient (Wildman–Crippen LogP) is 21.8. The van der Waals surface area contributed by atoms with Crippen molar-refractivity contribution >= 4 is 66.0 Å². The molecular weight excluding hydrogens is 1050 g/mol. The first-order chi connectivity index (χ1) is 37.5. The second-order valence-corrected chi connectivity index (χ2v) is 20.3. The second-order valence-electron chi connectivity index (χ2n) is 18.4. The smallest absolute Gasteiger partial charge is 0.0462 e. The van der Waals surface area contributed by atoms with Crippen molar-refractivity contribution in [3.8, 4) is 66.8 Å². The second kappa shape index (κ2) is 23.6. The minimum absolute atomic E-state index is 1.09. The van der Waals surface area contributed by atoms with E-state index in [1.54, 1.807) is 0 Å². The normalized spacial score (nSPS) is 10.8. The van der Waals surface area contributed by atoms with Crippen LogP contribution in [0.5, 0.6) is 0 Å². The first-order valence-corrected chi connectivity index (χ1v) is 27.0. The molecule has 0 heterocycles. The highest BCUT2D eigenvalue weighted by molar-refractivity contribution is 9.10. The van der Waals surface area contributed by atoms with Crippen molar-refractivity contribution in [2.24, 2.45) is 0 Å². The van der Waals surface area contributed by atoms with Crippen LogP contribution in [0.2, 0.25) is 0 Å². The van der Waals surface area contributed by atoms with Gasteiger partial charge in [0.25, 0.3) is 0 Å².